The number of aliphatic hydroxyl groups is 1. The number of aliphatic hydroxyl groups excluding tert-OH is 1. The molecule has 2 aromatic rings. The highest BCUT2D eigenvalue weighted by Gasteiger charge is 2.34. The third-order valence-electron chi connectivity index (χ3n) is 4.92. The summed E-state index contributed by atoms with van der Waals surface area (Å²) in [4.78, 5) is 41.5. The summed E-state index contributed by atoms with van der Waals surface area (Å²) in [6, 6.07) is 6.72. The number of carboxylic acid groups (broad SMARTS) is 1. The van der Waals surface area contributed by atoms with Gasteiger partial charge in [-0.15, -0.1) is 0 Å². The van der Waals surface area contributed by atoms with E-state index in [0.29, 0.717) is 22.3 Å². The molecular formula is C23H20F3N3O6S. The monoisotopic (exact) mass is 523 g/mol. The first kappa shape index (κ1) is 26.8. The van der Waals surface area contributed by atoms with Crippen LogP contribution >= 0.6 is 11.8 Å². The van der Waals surface area contributed by atoms with E-state index in [4.69, 9.17) is 9.84 Å². The number of hydrogen-bond acceptors (Lipinski definition) is 8. The highest BCUT2D eigenvalue weighted by molar-refractivity contribution is 7.99. The Bertz CT molecular complexity index is 1230. The van der Waals surface area contributed by atoms with Crippen LogP contribution in [0.15, 0.2) is 63.8 Å². The minimum atomic E-state index is -4.53. The van der Waals surface area contributed by atoms with Gasteiger partial charge in [0.1, 0.15) is 10.7 Å². The van der Waals surface area contributed by atoms with Crippen molar-refractivity contribution < 1.29 is 42.5 Å². The van der Waals surface area contributed by atoms with E-state index >= 15 is 0 Å². The average molecular weight is 523 g/mol. The van der Waals surface area contributed by atoms with Gasteiger partial charge in [0.05, 0.1) is 31.4 Å². The second-order valence-corrected chi connectivity index (χ2v) is 8.39. The smallest absolute Gasteiger partial charge is 0.417 e. The molecule has 0 unspecified atom stereocenters. The van der Waals surface area contributed by atoms with Gasteiger partial charge in [0.25, 0.3) is 5.91 Å². The van der Waals surface area contributed by atoms with Gasteiger partial charge in [0.2, 0.25) is 0 Å². The number of benzene rings is 1. The highest BCUT2D eigenvalue weighted by Crippen LogP contribution is 2.35. The molecule has 190 valence electrons. The Labute approximate surface area is 207 Å². The molecule has 0 radical (unpaired) electrons. The van der Waals surface area contributed by atoms with Crippen LogP contribution in [0.25, 0.3) is 6.08 Å². The molecule has 1 aliphatic rings. The zero-order valence-electron chi connectivity index (χ0n) is 18.7. The number of halogens is 3. The first-order valence-electron chi connectivity index (χ1n) is 10.3. The number of alkyl halides is 3. The standard InChI is InChI=1S/C23H20F3N3O6S/c1-35-22(34)16-12-29(8-9-30)21(33)20(16)28-15-4-5-17(13(10-15)2-7-19(31)32)36-18-6-3-14(11-27-18)23(24,25)26/h2-7,10-11,28,30H,8-9,12H2,1H3,(H,31,32). The van der Waals surface area contributed by atoms with Gasteiger partial charge in [-0.25, -0.2) is 14.6 Å². The quantitative estimate of drug-likeness (QED) is 0.336. The number of amides is 1. The van der Waals surface area contributed by atoms with Crippen molar-refractivity contribution in [3.05, 3.63) is 65.0 Å². The number of aromatic nitrogens is 1. The van der Waals surface area contributed by atoms with Crippen LogP contribution in [0.5, 0.6) is 0 Å². The molecule has 0 aliphatic carbocycles. The van der Waals surface area contributed by atoms with Crippen LogP contribution in [0.2, 0.25) is 0 Å². The number of methoxy groups -OCH3 is 1. The lowest BCUT2D eigenvalue weighted by Crippen LogP contribution is -2.31. The lowest BCUT2D eigenvalue weighted by molar-refractivity contribution is -0.138. The summed E-state index contributed by atoms with van der Waals surface area (Å²) in [7, 11) is 1.17. The number of pyridine rings is 1. The second kappa shape index (κ2) is 11.3. The van der Waals surface area contributed by atoms with E-state index in [1.165, 1.54) is 30.2 Å². The number of nitrogens with zero attached hydrogens (tertiary/aromatic N) is 2. The Kier molecular flexibility index (Phi) is 8.37. The van der Waals surface area contributed by atoms with Crippen molar-refractivity contribution in [1.29, 1.82) is 0 Å². The second-order valence-electron chi connectivity index (χ2n) is 7.33. The number of anilines is 1. The van der Waals surface area contributed by atoms with Gasteiger partial charge in [-0.1, -0.05) is 11.8 Å². The Morgan fingerprint density at radius 2 is 2.03 bits per heavy atom. The number of rotatable bonds is 9. The molecule has 36 heavy (non-hydrogen) atoms. The van der Waals surface area contributed by atoms with Crippen molar-refractivity contribution in [1.82, 2.24) is 9.88 Å². The van der Waals surface area contributed by atoms with Gasteiger partial charge in [-0.05, 0) is 42.0 Å². The zero-order valence-corrected chi connectivity index (χ0v) is 19.5. The topological polar surface area (TPSA) is 129 Å². The molecule has 0 saturated carbocycles. The number of carboxylic acids is 1. The average Bonchev–Trinajstić information content (AvgIpc) is 3.13. The molecule has 1 aromatic heterocycles. The minimum absolute atomic E-state index is 0.00676. The summed E-state index contributed by atoms with van der Waals surface area (Å²) in [6.45, 7) is -0.359. The maximum atomic E-state index is 12.8. The minimum Gasteiger partial charge on any atom is -0.478 e. The van der Waals surface area contributed by atoms with Crippen LogP contribution < -0.4 is 5.32 Å². The van der Waals surface area contributed by atoms with E-state index in [2.05, 4.69) is 10.3 Å². The van der Waals surface area contributed by atoms with Gasteiger partial charge in [0, 0.05) is 29.4 Å². The lowest BCUT2D eigenvalue weighted by atomic mass is 10.1. The molecular weight excluding hydrogens is 503 g/mol. The fourth-order valence-corrected chi connectivity index (χ4v) is 4.07. The number of β-amino-alcohol motifs (C(OH)–C–C–N with tert-alkyl or cyclic N) is 1. The van der Waals surface area contributed by atoms with E-state index in [0.717, 1.165) is 23.9 Å². The summed E-state index contributed by atoms with van der Waals surface area (Å²) >= 11 is 1.01. The molecule has 0 saturated heterocycles. The molecule has 3 N–H and O–H groups in total. The molecule has 0 spiro atoms. The highest BCUT2D eigenvalue weighted by atomic mass is 32.2. The summed E-state index contributed by atoms with van der Waals surface area (Å²) in [5.41, 5.74) is -0.185. The Balaban J connectivity index is 1.93. The van der Waals surface area contributed by atoms with Crippen molar-refractivity contribution in [3.63, 3.8) is 0 Å². The maximum absolute atomic E-state index is 12.8. The number of carbonyl (C=O) groups excluding carboxylic acids is 2. The van der Waals surface area contributed by atoms with Crippen LogP contribution in [0, 0.1) is 0 Å². The van der Waals surface area contributed by atoms with Gasteiger partial charge in [-0.3, -0.25) is 4.79 Å². The molecule has 0 bridgehead atoms. The molecule has 3 rings (SSSR count). The Morgan fingerprint density at radius 1 is 1.28 bits per heavy atom. The number of esters is 1. The zero-order chi connectivity index (χ0) is 26.5. The Hall–Kier alpha value is -3.84. The molecule has 2 heterocycles. The summed E-state index contributed by atoms with van der Waals surface area (Å²) in [5, 5.41) is 21.3. The van der Waals surface area contributed by atoms with Crippen molar-refractivity contribution in [2.24, 2.45) is 0 Å². The van der Waals surface area contributed by atoms with E-state index in [1.807, 2.05) is 0 Å². The molecule has 1 amide bonds. The number of carbonyl (C=O) groups is 3. The van der Waals surface area contributed by atoms with Crippen LogP contribution in [0.3, 0.4) is 0 Å². The predicted molar refractivity (Wildman–Crippen MR) is 123 cm³/mol. The third-order valence-corrected chi connectivity index (χ3v) is 5.96. The van der Waals surface area contributed by atoms with Gasteiger partial charge >= 0.3 is 18.1 Å². The van der Waals surface area contributed by atoms with Crippen LogP contribution in [-0.2, 0) is 25.3 Å². The molecule has 0 atom stereocenters. The molecule has 9 nitrogen and oxygen atoms in total. The normalized spacial score (nSPS) is 14.0. The van der Waals surface area contributed by atoms with Crippen molar-refractivity contribution >= 4 is 41.4 Å². The number of nitrogens with one attached hydrogen (secondary N) is 1. The molecule has 1 aliphatic heterocycles. The predicted octanol–water partition coefficient (Wildman–Crippen LogP) is 3.02. The van der Waals surface area contributed by atoms with Crippen LogP contribution in [-0.4, -0.2) is 64.7 Å². The number of ether oxygens (including phenoxy) is 1. The molecule has 0 fully saturated rings. The van der Waals surface area contributed by atoms with Crippen LogP contribution in [0.4, 0.5) is 18.9 Å². The van der Waals surface area contributed by atoms with E-state index in [1.54, 1.807) is 12.1 Å². The summed E-state index contributed by atoms with van der Waals surface area (Å²) in [5.74, 6) is -2.48. The van der Waals surface area contributed by atoms with Gasteiger partial charge < -0.3 is 25.2 Å². The largest absolute Gasteiger partial charge is 0.478 e. The van der Waals surface area contributed by atoms with E-state index in [9.17, 15) is 32.7 Å². The van der Waals surface area contributed by atoms with Gasteiger partial charge in [0.15, 0.2) is 0 Å². The SMILES string of the molecule is COC(=O)C1=C(Nc2ccc(Sc3ccc(C(F)(F)F)cn3)c(C=CC(=O)O)c2)C(=O)N(CCO)C1. The van der Waals surface area contributed by atoms with E-state index in [-0.39, 0.29) is 36.0 Å². The molecule has 13 heteroatoms. The first-order valence-corrected chi connectivity index (χ1v) is 11.1. The van der Waals surface area contributed by atoms with Crippen molar-refractivity contribution in [2.75, 3.05) is 32.1 Å². The number of aliphatic carboxylic acids is 1. The summed E-state index contributed by atoms with van der Waals surface area (Å²) < 4.78 is 43.2. The maximum Gasteiger partial charge on any atom is 0.417 e. The molecule has 1 aromatic carbocycles. The van der Waals surface area contributed by atoms with Crippen LogP contribution in [0.1, 0.15) is 11.1 Å². The van der Waals surface area contributed by atoms with Gasteiger partial charge in [-0.2, -0.15) is 13.2 Å². The lowest BCUT2D eigenvalue weighted by Gasteiger charge is -2.15. The summed E-state index contributed by atoms with van der Waals surface area (Å²) in [6.07, 6.45) is -1.66. The van der Waals surface area contributed by atoms with Crippen molar-refractivity contribution in [3.8, 4) is 0 Å². The fourth-order valence-electron chi connectivity index (χ4n) is 3.22. The third kappa shape index (κ3) is 6.43. The van der Waals surface area contributed by atoms with E-state index < -0.39 is 29.6 Å². The fraction of sp³-hybridized carbons (Fsp3) is 0.217. The van der Waals surface area contributed by atoms with Crippen molar-refractivity contribution in [2.45, 2.75) is 16.1 Å². The first-order chi connectivity index (χ1) is 17.0. The number of hydrogen-bond donors (Lipinski definition) is 3. The Morgan fingerprint density at radius 3 is 2.61 bits per heavy atom.